The highest BCUT2D eigenvalue weighted by Gasteiger charge is 2.54. The molecule has 0 aliphatic heterocycles. The van der Waals surface area contributed by atoms with Gasteiger partial charge in [-0.2, -0.15) is 13.2 Å². The molecular weight excluding hydrogens is 296 g/mol. The van der Waals surface area contributed by atoms with Gasteiger partial charge in [0.2, 0.25) is 0 Å². The summed E-state index contributed by atoms with van der Waals surface area (Å²) in [5.41, 5.74) is 0.954. The van der Waals surface area contributed by atoms with Gasteiger partial charge in [0.1, 0.15) is 5.82 Å². The summed E-state index contributed by atoms with van der Waals surface area (Å²) in [5, 5.41) is 1.71. The van der Waals surface area contributed by atoms with Gasteiger partial charge in [0.15, 0.2) is 5.54 Å². The number of rotatable bonds is 3. The molecule has 0 spiro atoms. The standard InChI is InChI=1S/C12H12F4N2O3/c1-11(17,12(14,15)16)10(20)18-8-5-6(9(19)21-2)3-4-7(8)13/h3-5H,17H2,1-2H3,(H,18,20). The van der Waals surface area contributed by atoms with E-state index in [1.807, 2.05) is 0 Å². The monoisotopic (exact) mass is 308 g/mol. The molecule has 0 bridgehead atoms. The van der Waals surface area contributed by atoms with Crippen LogP contribution in [0.5, 0.6) is 0 Å². The lowest BCUT2D eigenvalue weighted by molar-refractivity contribution is -0.184. The second-order valence-corrected chi connectivity index (χ2v) is 4.34. The zero-order valence-electron chi connectivity index (χ0n) is 11.0. The predicted octanol–water partition coefficient (Wildman–Crippen LogP) is 1.83. The van der Waals surface area contributed by atoms with E-state index in [1.165, 1.54) is 0 Å². The first-order valence-corrected chi connectivity index (χ1v) is 5.55. The van der Waals surface area contributed by atoms with Gasteiger partial charge in [0.05, 0.1) is 18.4 Å². The van der Waals surface area contributed by atoms with Crippen LogP contribution in [0, 0.1) is 5.82 Å². The summed E-state index contributed by atoms with van der Waals surface area (Å²) in [5.74, 6) is -3.51. The zero-order valence-corrected chi connectivity index (χ0v) is 11.0. The number of carbonyl (C=O) groups is 2. The topological polar surface area (TPSA) is 81.4 Å². The van der Waals surface area contributed by atoms with Crippen LogP contribution in [0.3, 0.4) is 0 Å². The summed E-state index contributed by atoms with van der Waals surface area (Å²) in [7, 11) is 1.07. The molecule has 1 rings (SSSR count). The number of halogens is 4. The maximum absolute atomic E-state index is 13.5. The fraction of sp³-hybridized carbons (Fsp3) is 0.333. The van der Waals surface area contributed by atoms with Gasteiger partial charge < -0.3 is 15.8 Å². The van der Waals surface area contributed by atoms with Crippen LogP contribution in [0.1, 0.15) is 17.3 Å². The minimum Gasteiger partial charge on any atom is -0.465 e. The van der Waals surface area contributed by atoms with E-state index in [1.54, 1.807) is 5.32 Å². The molecule has 5 nitrogen and oxygen atoms in total. The number of benzene rings is 1. The molecule has 1 aromatic rings. The molecule has 3 N–H and O–H groups in total. The number of esters is 1. The van der Waals surface area contributed by atoms with Gasteiger partial charge in [-0.05, 0) is 25.1 Å². The summed E-state index contributed by atoms with van der Waals surface area (Å²) in [6.45, 7) is 0.449. The Bertz CT molecular complexity index is 570. The summed E-state index contributed by atoms with van der Waals surface area (Å²) in [4.78, 5) is 22.8. The Morgan fingerprint density at radius 1 is 1.29 bits per heavy atom. The number of ether oxygens (including phenoxy) is 1. The third-order valence-electron chi connectivity index (χ3n) is 2.70. The van der Waals surface area contributed by atoms with Crippen LogP contribution in [0.25, 0.3) is 0 Å². The number of carbonyl (C=O) groups excluding carboxylic acids is 2. The average Bonchev–Trinajstić information content (AvgIpc) is 2.38. The van der Waals surface area contributed by atoms with Crippen molar-refractivity contribution in [3.05, 3.63) is 29.6 Å². The SMILES string of the molecule is COC(=O)c1ccc(F)c(NC(=O)C(C)(N)C(F)(F)F)c1. The van der Waals surface area contributed by atoms with Gasteiger partial charge in [-0.15, -0.1) is 0 Å². The van der Waals surface area contributed by atoms with Gasteiger partial charge in [-0.25, -0.2) is 9.18 Å². The first-order valence-electron chi connectivity index (χ1n) is 5.55. The molecule has 0 aliphatic rings. The van der Waals surface area contributed by atoms with Crippen molar-refractivity contribution in [3.8, 4) is 0 Å². The highest BCUT2D eigenvalue weighted by molar-refractivity contribution is 5.99. The fourth-order valence-corrected chi connectivity index (χ4v) is 1.25. The van der Waals surface area contributed by atoms with Crippen molar-refractivity contribution in [1.82, 2.24) is 0 Å². The van der Waals surface area contributed by atoms with E-state index in [9.17, 15) is 27.2 Å². The van der Waals surface area contributed by atoms with Gasteiger partial charge >= 0.3 is 12.1 Å². The van der Waals surface area contributed by atoms with Crippen LogP contribution in [0.15, 0.2) is 18.2 Å². The van der Waals surface area contributed by atoms with Crippen molar-refractivity contribution in [3.63, 3.8) is 0 Å². The van der Waals surface area contributed by atoms with Crippen LogP contribution in [0.4, 0.5) is 23.2 Å². The molecule has 1 amide bonds. The zero-order chi connectivity index (χ0) is 16.4. The van der Waals surface area contributed by atoms with Gasteiger partial charge in [0.25, 0.3) is 5.91 Å². The molecule has 1 unspecified atom stereocenters. The number of nitrogens with two attached hydrogens (primary N) is 1. The number of hydrogen-bond donors (Lipinski definition) is 2. The van der Waals surface area contributed by atoms with Gasteiger partial charge in [-0.3, -0.25) is 4.79 Å². The second-order valence-electron chi connectivity index (χ2n) is 4.34. The van der Waals surface area contributed by atoms with E-state index >= 15 is 0 Å². The van der Waals surface area contributed by atoms with Crippen molar-refractivity contribution in [2.24, 2.45) is 5.73 Å². The van der Waals surface area contributed by atoms with Crippen molar-refractivity contribution in [1.29, 1.82) is 0 Å². The van der Waals surface area contributed by atoms with Crippen LogP contribution >= 0.6 is 0 Å². The maximum Gasteiger partial charge on any atom is 0.415 e. The first kappa shape index (κ1) is 16.9. The molecule has 0 aliphatic carbocycles. The largest absolute Gasteiger partial charge is 0.465 e. The van der Waals surface area contributed by atoms with Crippen molar-refractivity contribution in [2.75, 3.05) is 12.4 Å². The molecule has 0 saturated heterocycles. The number of nitrogens with one attached hydrogen (secondary N) is 1. The lowest BCUT2D eigenvalue weighted by Gasteiger charge is -2.26. The fourth-order valence-electron chi connectivity index (χ4n) is 1.25. The van der Waals surface area contributed by atoms with Crippen molar-refractivity contribution in [2.45, 2.75) is 18.6 Å². The third-order valence-corrected chi connectivity index (χ3v) is 2.70. The number of amides is 1. The highest BCUT2D eigenvalue weighted by Crippen LogP contribution is 2.29. The molecule has 21 heavy (non-hydrogen) atoms. The van der Waals surface area contributed by atoms with Gasteiger partial charge in [-0.1, -0.05) is 0 Å². The van der Waals surface area contributed by atoms with E-state index in [0.29, 0.717) is 6.92 Å². The van der Waals surface area contributed by atoms with Crippen LogP contribution < -0.4 is 11.1 Å². The van der Waals surface area contributed by atoms with E-state index in [0.717, 1.165) is 25.3 Å². The average molecular weight is 308 g/mol. The van der Waals surface area contributed by atoms with E-state index in [4.69, 9.17) is 5.73 Å². The molecule has 0 heterocycles. The van der Waals surface area contributed by atoms with Crippen LogP contribution in [-0.2, 0) is 9.53 Å². The Morgan fingerprint density at radius 2 is 1.86 bits per heavy atom. The van der Waals surface area contributed by atoms with Crippen molar-refractivity contribution < 1.29 is 31.9 Å². The van der Waals surface area contributed by atoms with Crippen LogP contribution in [-0.4, -0.2) is 30.7 Å². The summed E-state index contributed by atoms with van der Waals surface area (Å²) in [6.07, 6.45) is -5.02. The van der Waals surface area contributed by atoms with Crippen molar-refractivity contribution >= 4 is 17.6 Å². The third kappa shape index (κ3) is 3.48. The predicted molar refractivity (Wildman–Crippen MR) is 65.0 cm³/mol. The molecule has 116 valence electrons. The normalized spacial score (nSPS) is 14.2. The first-order chi connectivity index (χ1) is 9.50. The van der Waals surface area contributed by atoms with Gasteiger partial charge in [0, 0.05) is 0 Å². The minimum atomic E-state index is -5.02. The Morgan fingerprint density at radius 3 is 2.33 bits per heavy atom. The molecule has 1 aromatic carbocycles. The number of methoxy groups -OCH3 is 1. The Labute approximate surface area is 117 Å². The number of anilines is 1. The maximum atomic E-state index is 13.5. The Kier molecular flexibility index (Phi) is 4.57. The molecule has 9 heteroatoms. The molecule has 0 saturated carbocycles. The number of alkyl halides is 3. The van der Waals surface area contributed by atoms with E-state index in [-0.39, 0.29) is 5.56 Å². The highest BCUT2D eigenvalue weighted by atomic mass is 19.4. The lowest BCUT2D eigenvalue weighted by atomic mass is 10.0. The summed E-state index contributed by atoms with van der Waals surface area (Å²) >= 11 is 0. The van der Waals surface area contributed by atoms with E-state index < -0.39 is 35.1 Å². The Balaban J connectivity index is 3.08. The molecule has 0 radical (unpaired) electrons. The molecule has 0 fully saturated rings. The number of hydrogen-bond acceptors (Lipinski definition) is 4. The minimum absolute atomic E-state index is 0.139. The summed E-state index contributed by atoms with van der Waals surface area (Å²) < 4.78 is 55.7. The van der Waals surface area contributed by atoms with E-state index in [2.05, 4.69) is 4.74 Å². The summed E-state index contributed by atoms with van der Waals surface area (Å²) in [6, 6.07) is 2.72. The molecule has 0 aromatic heterocycles. The quantitative estimate of drug-likeness (QED) is 0.659. The lowest BCUT2D eigenvalue weighted by Crippen LogP contribution is -2.59. The second kappa shape index (κ2) is 5.68. The molecule has 1 atom stereocenters. The van der Waals surface area contributed by atoms with Crippen LogP contribution in [0.2, 0.25) is 0 Å². The Hall–Kier alpha value is -2.16. The smallest absolute Gasteiger partial charge is 0.415 e. The molecular formula is C12H12F4N2O3.